The third kappa shape index (κ3) is 3.96. The van der Waals surface area contributed by atoms with Crippen molar-refractivity contribution in [2.45, 2.75) is 11.0 Å². The van der Waals surface area contributed by atoms with Crippen LogP contribution in [0.5, 0.6) is 0 Å². The minimum Gasteiger partial charge on any atom is -0.370 e. The van der Waals surface area contributed by atoms with Crippen molar-refractivity contribution >= 4 is 33.0 Å². The first-order chi connectivity index (χ1) is 12.3. The normalized spacial score (nSPS) is 17.9. The lowest BCUT2D eigenvalue weighted by atomic mass is 10.1. The second-order valence-corrected chi connectivity index (χ2v) is 7.78. The van der Waals surface area contributed by atoms with E-state index < -0.39 is 14.9 Å². The number of ether oxygens (including phenoxy) is 1. The van der Waals surface area contributed by atoms with Gasteiger partial charge in [0.15, 0.2) is 0 Å². The Bertz CT molecular complexity index is 951. The molecule has 2 aromatic carbocycles. The van der Waals surface area contributed by atoms with Crippen LogP contribution in [0.2, 0.25) is 5.02 Å². The van der Waals surface area contributed by atoms with Crippen molar-refractivity contribution in [1.82, 2.24) is 0 Å². The molecule has 0 amide bonds. The van der Waals surface area contributed by atoms with Gasteiger partial charge in [-0.15, -0.1) is 0 Å². The molecule has 0 radical (unpaired) electrons. The topological polar surface area (TPSA) is 116 Å². The van der Waals surface area contributed by atoms with Gasteiger partial charge in [0, 0.05) is 41.5 Å². The Morgan fingerprint density at radius 2 is 2.00 bits per heavy atom. The number of nitro groups is 1. The van der Waals surface area contributed by atoms with Crippen LogP contribution in [0.4, 0.5) is 11.4 Å². The molecule has 0 spiro atoms. The molecule has 2 aromatic rings. The van der Waals surface area contributed by atoms with Crippen molar-refractivity contribution < 1.29 is 18.1 Å². The monoisotopic (exact) mass is 397 g/mol. The van der Waals surface area contributed by atoms with Crippen LogP contribution in [0.25, 0.3) is 0 Å². The van der Waals surface area contributed by atoms with Crippen LogP contribution in [0.1, 0.15) is 11.7 Å². The molecule has 138 valence electrons. The number of nitrogens with zero attached hydrogens (tertiary/aromatic N) is 2. The zero-order chi connectivity index (χ0) is 18.9. The first-order valence-corrected chi connectivity index (χ1v) is 9.61. The van der Waals surface area contributed by atoms with E-state index in [9.17, 15) is 18.5 Å². The van der Waals surface area contributed by atoms with Gasteiger partial charge in [0.2, 0.25) is 10.0 Å². The molecule has 8 nitrogen and oxygen atoms in total. The van der Waals surface area contributed by atoms with Crippen LogP contribution in [0, 0.1) is 10.1 Å². The van der Waals surface area contributed by atoms with Gasteiger partial charge in [-0.05, 0) is 12.1 Å². The maximum atomic E-state index is 11.7. The quantitative estimate of drug-likeness (QED) is 0.625. The molecule has 0 bridgehead atoms. The van der Waals surface area contributed by atoms with Gasteiger partial charge in [-0.1, -0.05) is 29.8 Å². The van der Waals surface area contributed by atoms with E-state index in [0.717, 1.165) is 11.6 Å². The van der Waals surface area contributed by atoms with Crippen molar-refractivity contribution in [3.63, 3.8) is 0 Å². The Balaban J connectivity index is 1.96. The lowest BCUT2D eigenvalue weighted by Gasteiger charge is -2.35. The molecule has 3 rings (SSSR count). The number of hydrogen-bond donors (Lipinski definition) is 1. The summed E-state index contributed by atoms with van der Waals surface area (Å²) in [6.45, 7) is 1.18. The van der Waals surface area contributed by atoms with Gasteiger partial charge in [-0.25, -0.2) is 13.6 Å². The van der Waals surface area contributed by atoms with Crippen LogP contribution in [-0.4, -0.2) is 33.0 Å². The molecule has 26 heavy (non-hydrogen) atoms. The fourth-order valence-corrected chi connectivity index (χ4v) is 3.66. The largest absolute Gasteiger partial charge is 0.370 e. The number of rotatable bonds is 4. The molecule has 1 fully saturated rings. The van der Waals surface area contributed by atoms with E-state index in [4.69, 9.17) is 21.5 Å². The van der Waals surface area contributed by atoms with Gasteiger partial charge in [0.1, 0.15) is 6.10 Å². The third-order valence-electron chi connectivity index (χ3n) is 4.10. The summed E-state index contributed by atoms with van der Waals surface area (Å²) in [6, 6.07) is 10.9. The summed E-state index contributed by atoms with van der Waals surface area (Å²) in [6.07, 6.45) is -0.338. The maximum Gasteiger partial charge on any atom is 0.272 e. The molecule has 0 aliphatic carbocycles. The smallest absolute Gasteiger partial charge is 0.272 e. The van der Waals surface area contributed by atoms with Crippen LogP contribution >= 0.6 is 11.6 Å². The van der Waals surface area contributed by atoms with Gasteiger partial charge in [0.25, 0.3) is 5.69 Å². The van der Waals surface area contributed by atoms with E-state index >= 15 is 0 Å². The molecule has 1 unspecified atom stereocenters. The predicted molar refractivity (Wildman–Crippen MR) is 96.8 cm³/mol. The number of hydrogen-bond acceptors (Lipinski definition) is 6. The summed E-state index contributed by atoms with van der Waals surface area (Å²) in [4.78, 5) is 12.0. The molecule has 1 heterocycles. The van der Waals surface area contributed by atoms with Gasteiger partial charge in [-0.2, -0.15) is 0 Å². The average molecular weight is 398 g/mol. The molecule has 1 atom stereocenters. The number of non-ortho nitro benzene ring substituents is 1. The first kappa shape index (κ1) is 18.6. The number of primary sulfonamides is 1. The predicted octanol–water partition coefficient (Wildman–Crippen LogP) is 2.47. The lowest BCUT2D eigenvalue weighted by Crippen LogP contribution is -2.38. The number of morpholine rings is 1. The van der Waals surface area contributed by atoms with E-state index in [-0.39, 0.29) is 16.7 Å². The molecule has 0 saturated carbocycles. The van der Waals surface area contributed by atoms with Crippen molar-refractivity contribution in [1.29, 1.82) is 0 Å². The van der Waals surface area contributed by atoms with Gasteiger partial charge < -0.3 is 9.64 Å². The van der Waals surface area contributed by atoms with E-state index in [0.29, 0.717) is 30.4 Å². The summed E-state index contributed by atoms with van der Waals surface area (Å²) in [7, 11) is -4.08. The number of halogens is 1. The Morgan fingerprint density at radius 3 is 2.65 bits per heavy atom. The van der Waals surface area contributed by atoms with Crippen molar-refractivity contribution in [3.05, 3.63) is 63.2 Å². The third-order valence-corrected chi connectivity index (χ3v) is 5.34. The summed E-state index contributed by atoms with van der Waals surface area (Å²) in [5.41, 5.74) is 0.854. The molecule has 0 aromatic heterocycles. The fourth-order valence-electron chi connectivity index (χ4n) is 2.83. The second kappa shape index (κ2) is 7.20. The van der Waals surface area contributed by atoms with Crippen LogP contribution in [0.3, 0.4) is 0 Å². The van der Waals surface area contributed by atoms with Crippen LogP contribution in [0.15, 0.2) is 47.4 Å². The number of sulfonamides is 1. The zero-order valence-electron chi connectivity index (χ0n) is 13.5. The molecular weight excluding hydrogens is 382 g/mol. The van der Waals surface area contributed by atoms with E-state index in [1.54, 1.807) is 6.07 Å². The Kier molecular flexibility index (Phi) is 5.15. The fraction of sp³-hybridized carbons (Fsp3) is 0.250. The number of anilines is 1. The molecule has 1 aliphatic heterocycles. The first-order valence-electron chi connectivity index (χ1n) is 7.69. The van der Waals surface area contributed by atoms with Gasteiger partial charge >= 0.3 is 0 Å². The van der Waals surface area contributed by atoms with Gasteiger partial charge in [-0.3, -0.25) is 10.1 Å². The Hall–Kier alpha value is -2.20. The summed E-state index contributed by atoms with van der Waals surface area (Å²) in [5, 5.41) is 16.9. The number of nitro benzene ring substituents is 1. The summed E-state index contributed by atoms with van der Waals surface area (Å²) < 4.78 is 29.1. The van der Waals surface area contributed by atoms with Gasteiger partial charge in [0.05, 0.1) is 16.4 Å². The Morgan fingerprint density at radius 1 is 1.27 bits per heavy atom. The molecule has 2 N–H and O–H groups in total. The minimum atomic E-state index is -4.08. The highest BCUT2D eigenvalue weighted by molar-refractivity contribution is 7.89. The SMILES string of the molecule is NS(=O)(=O)c1cc(N2CCOC(c3ccccc3Cl)C2)cc([N+](=O)[O-])c1. The maximum absolute atomic E-state index is 11.7. The number of nitrogens with two attached hydrogens (primary N) is 1. The highest BCUT2D eigenvalue weighted by Crippen LogP contribution is 2.32. The van der Waals surface area contributed by atoms with Crippen LogP contribution in [-0.2, 0) is 14.8 Å². The summed E-state index contributed by atoms with van der Waals surface area (Å²) >= 11 is 6.22. The zero-order valence-corrected chi connectivity index (χ0v) is 15.1. The molecular formula is C16H16ClN3O5S. The van der Waals surface area contributed by atoms with E-state index in [2.05, 4.69) is 0 Å². The van der Waals surface area contributed by atoms with E-state index in [1.165, 1.54) is 12.1 Å². The Labute approximate surface area is 155 Å². The highest BCUT2D eigenvalue weighted by Gasteiger charge is 2.26. The lowest BCUT2D eigenvalue weighted by molar-refractivity contribution is -0.385. The molecule has 10 heteroatoms. The highest BCUT2D eigenvalue weighted by atomic mass is 35.5. The number of benzene rings is 2. The van der Waals surface area contributed by atoms with Crippen LogP contribution < -0.4 is 10.0 Å². The summed E-state index contributed by atoms with van der Waals surface area (Å²) in [5.74, 6) is 0. The molecule has 1 saturated heterocycles. The standard InChI is InChI=1S/C16H16ClN3O5S/c17-15-4-2-1-3-14(15)16-10-19(5-6-25-16)11-7-12(20(21)22)9-13(8-11)26(18,23)24/h1-4,7-9,16H,5-6,10H2,(H2,18,23,24). The second-order valence-electron chi connectivity index (χ2n) is 5.81. The average Bonchev–Trinajstić information content (AvgIpc) is 2.61. The van der Waals surface area contributed by atoms with Crippen molar-refractivity contribution in [2.24, 2.45) is 5.14 Å². The molecule has 1 aliphatic rings. The van der Waals surface area contributed by atoms with Crippen molar-refractivity contribution in [2.75, 3.05) is 24.6 Å². The van der Waals surface area contributed by atoms with E-state index in [1.807, 2.05) is 23.1 Å². The van der Waals surface area contributed by atoms with Crippen molar-refractivity contribution in [3.8, 4) is 0 Å². The minimum absolute atomic E-state index is 0.303.